The van der Waals surface area contributed by atoms with Crippen molar-refractivity contribution >= 4 is 17.3 Å². The van der Waals surface area contributed by atoms with E-state index in [1.807, 2.05) is 24.3 Å². The van der Waals surface area contributed by atoms with Crippen LogP contribution in [0, 0.1) is 17.1 Å². The Hall–Kier alpha value is -2.05. The minimum Gasteiger partial charge on any atom is -0.381 e. The number of nitrogens with one attached hydrogen (secondary N) is 1. The molecule has 0 atom stereocenters. The van der Waals surface area contributed by atoms with Gasteiger partial charge < -0.3 is 5.32 Å². The van der Waals surface area contributed by atoms with Crippen LogP contribution in [0.15, 0.2) is 42.5 Å². The maximum Gasteiger partial charge on any atom is 0.128 e. The fourth-order valence-corrected chi connectivity index (χ4v) is 1.90. The number of halogens is 2. The molecule has 0 saturated carbocycles. The highest BCUT2D eigenvalue weighted by Crippen LogP contribution is 2.17. The lowest BCUT2D eigenvalue weighted by atomic mass is 10.1. The van der Waals surface area contributed by atoms with Gasteiger partial charge in [0.1, 0.15) is 5.82 Å². The summed E-state index contributed by atoms with van der Waals surface area (Å²) in [5.41, 5.74) is 2.36. The lowest BCUT2D eigenvalue weighted by molar-refractivity contribution is 0.613. The van der Waals surface area contributed by atoms with Crippen LogP contribution < -0.4 is 5.32 Å². The summed E-state index contributed by atoms with van der Waals surface area (Å²) in [7, 11) is 0. The van der Waals surface area contributed by atoms with Gasteiger partial charge in [0.2, 0.25) is 0 Å². The van der Waals surface area contributed by atoms with E-state index in [9.17, 15) is 4.39 Å². The summed E-state index contributed by atoms with van der Waals surface area (Å²) in [6.07, 6.45) is 0.392. The molecule has 2 nitrogen and oxygen atoms in total. The van der Waals surface area contributed by atoms with Crippen LogP contribution in [-0.4, -0.2) is 0 Å². The van der Waals surface area contributed by atoms with Crippen molar-refractivity contribution in [3.05, 3.63) is 64.4 Å². The second-order valence-electron chi connectivity index (χ2n) is 4.12. The van der Waals surface area contributed by atoms with Crippen LogP contribution in [0.5, 0.6) is 0 Å². The molecule has 96 valence electrons. The van der Waals surface area contributed by atoms with Crippen LogP contribution in [0.1, 0.15) is 11.1 Å². The standard InChI is InChI=1S/C15H12ClFN2/c16-13-3-6-15(17)12(9-13)10-19-14-4-1-11(2-5-14)7-8-18/h1-6,9,19H,7,10H2. The van der Waals surface area contributed by atoms with Crippen molar-refractivity contribution in [2.24, 2.45) is 0 Å². The third-order valence-electron chi connectivity index (χ3n) is 2.73. The molecule has 0 heterocycles. The van der Waals surface area contributed by atoms with Gasteiger partial charge in [-0.3, -0.25) is 0 Å². The minimum absolute atomic E-state index is 0.280. The number of hydrogen-bond donors (Lipinski definition) is 1. The zero-order chi connectivity index (χ0) is 13.7. The van der Waals surface area contributed by atoms with Crippen LogP contribution in [0.3, 0.4) is 0 Å². The molecule has 0 unspecified atom stereocenters. The Morgan fingerprint density at radius 2 is 1.89 bits per heavy atom. The molecule has 4 heteroatoms. The summed E-state index contributed by atoms with van der Waals surface area (Å²) >= 11 is 5.83. The van der Waals surface area contributed by atoms with Gasteiger partial charge in [0.05, 0.1) is 12.5 Å². The second-order valence-corrected chi connectivity index (χ2v) is 4.56. The topological polar surface area (TPSA) is 35.8 Å². The van der Waals surface area contributed by atoms with Crippen LogP contribution in [0.4, 0.5) is 10.1 Å². The molecule has 0 bridgehead atoms. The number of anilines is 1. The third kappa shape index (κ3) is 3.70. The molecule has 0 aliphatic rings. The van der Waals surface area contributed by atoms with Gasteiger partial charge in [-0.05, 0) is 35.9 Å². The van der Waals surface area contributed by atoms with E-state index >= 15 is 0 Å². The largest absolute Gasteiger partial charge is 0.381 e. The van der Waals surface area contributed by atoms with Crippen molar-refractivity contribution in [1.82, 2.24) is 0 Å². The molecule has 0 fully saturated rings. The van der Waals surface area contributed by atoms with E-state index < -0.39 is 0 Å². The lowest BCUT2D eigenvalue weighted by Gasteiger charge is -2.08. The van der Waals surface area contributed by atoms with Crippen molar-refractivity contribution in [3.8, 4) is 6.07 Å². The van der Waals surface area contributed by atoms with Crippen molar-refractivity contribution in [2.45, 2.75) is 13.0 Å². The van der Waals surface area contributed by atoms with Gasteiger partial charge in [-0.15, -0.1) is 0 Å². The van der Waals surface area contributed by atoms with Gasteiger partial charge in [0.15, 0.2) is 0 Å². The first-order chi connectivity index (χ1) is 9.19. The normalized spacial score (nSPS) is 9.95. The Kier molecular flexibility index (Phi) is 4.38. The molecule has 0 aliphatic heterocycles. The van der Waals surface area contributed by atoms with Crippen LogP contribution in [0.2, 0.25) is 5.02 Å². The zero-order valence-corrected chi connectivity index (χ0v) is 10.9. The van der Waals surface area contributed by atoms with E-state index in [0.717, 1.165) is 11.3 Å². The van der Waals surface area contributed by atoms with E-state index in [1.54, 1.807) is 6.07 Å². The van der Waals surface area contributed by atoms with Gasteiger partial charge in [-0.25, -0.2) is 4.39 Å². The van der Waals surface area contributed by atoms with Gasteiger partial charge in [-0.1, -0.05) is 23.7 Å². The summed E-state index contributed by atoms with van der Waals surface area (Å²) < 4.78 is 13.5. The maximum atomic E-state index is 13.5. The van der Waals surface area contributed by atoms with Crippen LogP contribution >= 0.6 is 11.6 Å². The Balaban J connectivity index is 2.02. The molecule has 0 aromatic heterocycles. The van der Waals surface area contributed by atoms with Gasteiger partial charge in [-0.2, -0.15) is 5.26 Å². The first-order valence-electron chi connectivity index (χ1n) is 5.83. The highest BCUT2D eigenvalue weighted by atomic mass is 35.5. The summed E-state index contributed by atoms with van der Waals surface area (Å²) in [5, 5.41) is 12.2. The Morgan fingerprint density at radius 3 is 2.58 bits per heavy atom. The summed E-state index contributed by atoms with van der Waals surface area (Å²) in [6.45, 7) is 0.365. The number of nitrogens with zero attached hydrogens (tertiary/aromatic N) is 1. The van der Waals surface area contributed by atoms with Crippen molar-refractivity contribution in [3.63, 3.8) is 0 Å². The average molecular weight is 275 g/mol. The molecule has 1 N–H and O–H groups in total. The highest BCUT2D eigenvalue weighted by Gasteiger charge is 2.03. The molecule has 2 aromatic carbocycles. The van der Waals surface area contributed by atoms with Crippen LogP contribution in [0.25, 0.3) is 0 Å². The van der Waals surface area contributed by atoms with Gasteiger partial charge in [0.25, 0.3) is 0 Å². The van der Waals surface area contributed by atoms with Crippen molar-refractivity contribution < 1.29 is 4.39 Å². The second kappa shape index (κ2) is 6.21. The smallest absolute Gasteiger partial charge is 0.128 e. The molecular formula is C15H12ClFN2. The molecule has 19 heavy (non-hydrogen) atoms. The van der Waals surface area contributed by atoms with E-state index in [1.165, 1.54) is 12.1 Å². The SMILES string of the molecule is N#CCc1ccc(NCc2cc(Cl)ccc2F)cc1. The Labute approximate surface area is 116 Å². The van der Waals surface area contributed by atoms with Gasteiger partial charge in [0, 0.05) is 22.8 Å². The quantitative estimate of drug-likeness (QED) is 0.909. The molecule has 0 spiro atoms. The molecule has 2 rings (SSSR count). The molecule has 2 aromatic rings. The fraction of sp³-hybridized carbons (Fsp3) is 0.133. The zero-order valence-electron chi connectivity index (χ0n) is 10.2. The number of rotatable bonds is 4. The van der Waals surface area contributed by atoms with E-state index in [0.29, 0.717) is 23.6 Å². The van der Waals surface area contributed by atoms with Crippen LogP contribution in [-0.2, 0) is 13.0 Å². The Bertz CT molecular complexity index is 603. The van der Waals surface area contributed by atoms with Gasteiger partial charge >= 0.3 is 0 Å². The third-order valence-corrected chi connectivity index (χ3v) is 2.96. The van der Waals surface area contributed by atoms with Crippen molar-refractivity contribution in [1.29, 1.82) is 5.26 Å². The molecule has 0 amide bonds. The average Bonchev–Trinajstić information content (AvgIpc) is 2.42. The number of hydrogen-bond acceptors (Lipinski definition) is 2. The number of benzene rings is 2. The first-order valence-corrected chi connectivity index (χ1v) is 6.20. The van der Waals surface area contributed by atoms with E-state index in [2.05, 4.69) is 11.4 Å². The summed E-state index contributed by atoms with van der Waals surface area (Å²) in [6, 6.07) is 14.1. The number of nitriles is 1. The molecule has 0 saturated heterocycles. The fourth-order valence-electron chi connectivity index (χ4n) is 1.71. The minimum atomic E-state index is -0.280. The first kappa shape index (κ1) is 13.4. The molecular weight excluding hydrogens is 263 g/mol. The molecule has 0 aliphatic carbocycles. The van der Waals surface area contributed by atoms with E-state index in [-0.39, 0.29) is 5.82 Å². The maximum absolute atomic E-state index is 13.5. The summed E-state index contributed by atoms with van der Waals surface area (Å²) in [4.78, 5) is 0. The van der Waals surface area contributed by atoms with E-state index in [4.69, 9.17) is 16.9 Å². The monoisotopic (exact) mass is 274 g/mol. The predicted molar refractivity (Wildman–Crippen MR) is 74.5 cm³/mol. The highest BCUT2D eigenvalue weighted by molar-refractivity contribution is 6.30. The summed E-state index contributed by atoms with van der Waals surface area (Å²) in [5.74, 6) is -0.280. The van der Waals surface area contributed by atoms with Crippen molar-refractivity contribution in [2.75, 3.05) is 5.32 Å². The Morgan fingerprint density at radius 1 is 1.16 bits per heavy atom. The molecule has 0 radical (unpaired) electrons. The predicted octanol–water partition coefficient (Wildman–Crippen LogP) is 4.16. The lowest BCUT2D eigenvalue weighted by Crippen LogP contribution is -2.01.